The summed E-state index contributed by atoms with van der Waals surface area (Å²) in [6, 6.07) is 6.27. The van der Waals surface area contributed by atoms with Crippen molar-refractivity contribution in [2.24, 2.45) is 11.7 Å². The van der Waals surface area contributed by atoms with Gasteiger partial charge in [-0.1, -0.05) is 6.07 Å². The number of carboxylic acids is 1. The molecule has 0 aliphatic heterocycles. The van der Waals surface area contributed by atoms with Crippen molar-refractivity contribution in [3.05, 3.63) is 29.3 Å². The fourth-order valence-electron chi connectivity index (χ4n) is 2.93. The van der Waals surface area contributed by atoms with Crippen molar-refractivity contribution in [3.63, 3.8) is 0 Å². The van der Waals surface area contributed by atoms with Gasteiger partial charge in [0, 0.05) is 13.0 Å². The van der Waals surface area contributed by atoms with Crippen LogP contribution < -0.4 is 10.5 Å². The van der Waals surface area contributed by atoms with Gasteiger partial charge in [0.25, 0.3) is 0 Å². The van der Waals surface area contributed by atoms with E-state index in [1.54, 1.807) is 0 Å². The molecular formula is C19H26F3NO5. The third kappa shape index (κ3) is 8.60. The Bertz CT molecular complexity index is 649. The molecule has 0 spiro atoms. The van der Waals surface area contributed by atoms with E-state index in [0.29, 0.717) is 32.1 Å². The molecule has 6 nitrogen and oxygen atoms in total. The highest BCUT2D eigenvalue weighted by Gasteiger charge is 2.38. The van der Waals surface area contributed by atoms with Gasteiger partial charge in [0.05, 0.1) is 6.61 Å². The smallest absolute Gasteiger partial charge is 0.490 e. The first kappa shape index (κ1) is 23.7. The number of aryl methyl sites for hydroxylation is 1. The molecule has 1 atom stereocenters. The van der Waals surface area contributed by atoms with Crippen LogP contribution in [0.3, 0.4) is 0 Å². The monoisotopic (exact) mass is 405 g/mol. The molecule has 3 N–H and O–H groups in total. The van der Waals surface area contributed by atoms with Gasteiger partial charge in [0.1, 0.15) is 12.4 Å². The van der Waals surface area contributed by atoms with Crippen molar-refractivity contribution in [1.82, 2.24) is 0 Å². The van der Waals surface area contributed by atoms with Crippen LogP contribution in [0.1, 0.15) is 37.3 Å². The number of fused-ring (bicyclic) bond motifs is 1. The maximum Gasteiger partial charge on any atom is 0.490 e. The summed E-state index contributed by atoms with van der Waals surface area (Å²) in [5.41, 5.74) is 8.15. The molecule has 158 valence electrons. The summed E-state index contributed by atoms with van der Waals surface area (Å²) in [7, 11) is 0. The summed E-state index contributed by atoms with van der Waals surface area (Å²) >= 11 is 0. The second-order valence-electron chi connectivity index (χ2n) is 6.34. The molecule has 1 aromatic carbocycles. The van der Waals surface area contributed by atoms with Crippen molar-refractivity contribution in [1.29, 1.82) is 0 Å². The Hall–Kier alpha value is -2.29. The summed E-state index contributed by atoms with van der Waals surface area (Å²) in [5, 5.41) is 7.12. The molecule has 2 rings (SSSR count). The molecule has 1 aliphatic carbocycles. The van der Waals surface area contributed by atoms with E-state index in [9.17, 15) is 18.0 Å². The number of hydrogen-bond donors (Lipinski definition) is 2. The Morgan fingerprint density at radius 3 is 2.54 bits per heavy atom. The van der Waals surface area contributed by atoms with Crippen LogP contribution in [-0.4, -0.2) is 43.0 Å². The number of carboxylic acid groups (broad SMARTS) is 1. The molecule has 1 aliphatic rings. The Morgan fingerprint density at radius 2 is 1.96 bits per heavy atom. The lowest BCUT2D eigenvalue weighted by Crippen LogP contribution is -2.21. The van der Waals surface area contributed by atoms with Crippen molar-refractivity contribution < 1.29 is 37.3 Å². The Morgan fingerprint density at radius 1 is 1.29 bits per heavy atom. The van der Waals surface area contributed by atoms with E-state index in [1.807, 2.05) is 13.0 Å². The van der Waals surface area contributed by atoms with Crippen molar-refractivity contribution in [3.8, 4) is 5.75 Å². The highest BCUT2D eigenvalue weighted by atomic mass is 19.4. The second-order valence-corrected chi connectivity index (χ2v) is 6.34. The number of hydrogen-bond acceptors (Lipinski definition) is 5. The van der Waals surface area contributed by atoms with Gasteiger partial charge in [-0.25, -0.2) is 4.79 Å². The fourth-order valence-corrected chi connectivity index (χ4v) is 2.93. The van der Waals surface area contributed by atoms with Gasteiger partial charge < -0.3 is 20.3 Å². The average Bonchev–Trinajstić information content (AvgIpc) is 2.80. The van der Waals surface area contributed by atoms with Gasteiger partial charge in [-0.15, -0.1) is 0 Å². The number of esters is 1. The van der Waals surface area contributed by atoms with Crippen LogP contribution >= 0.6 is 0 Å². The van der Waals surface area contributed by atoms with E-state index in [2.05, 4.69) is 12.1 Å². The lowest BCUT2D eigenvalue weighted by molar-refractivity contribution is -0.192. The van der Waals surface area contributed by atoms with Gasteiger partial charge in [-0.05, 0) is 61.8 Å². The Labute approximate surface area is 161 Å². The van der Waals surface area contributed by atoms with E-state index >= 15 is 0 Å². The van der Waals surface area contributed by atoms with E-state index in [4.69, 9.17) is 25.1 Å². The predicted octanol–water partition coefficient (Wildman–Crippen LogP) is 3.11. The van der Waals surface area contributed by atoms with Crippen LogP contribution in [-0.2, 0) is 27.2 Å². The largest absolute Gasteiger partial charge is 0.492 e. The van der Waals surface area contributed by atoms with E-state index in [-0.39, 0.29) is 5.97 Å². The number of carbonyl (C=O) groups is 2. The SMILES string of the molecule is CCOC(=O)CC1CCCc2ccc(OCCN)cc2C1.O=C(O)C(F)(F)F. The minimum Gasteiger partial charge on any atom is -0.492 e. The number of rotatable bonds is 6. The molecule has 0 bridgehead atoms. The van der Waals surface area contributed by atoms with Crippen LogP contribution in [0, 0.1) is 5.92 Å². The summed E-state index contributed by atoms with van der Waals surface area (Å²) in [6.07, 6.45) is -0.368. The molecule has 0 amide bonds. The van der Waals surface area contributed by atoms with Crippen LogP contribution in [0.4, 0.5) is 13.2 Å². The topological polar surface area (TPSA) is 98.9 Å². The molecule has 0 saturated heterocycles. The van der Waals surface area contributed by atoms with Crippen LogP contribution in [0.2, 0.25) is 0 Å². The minimum absolute atomic E-state index is 0.0820. The van der Waals surface area contributed by atoms with E-state index in [1.165, 1.54) is 11.1 Å². The second kappa shape index (κ2) is 11.5. The first-order valence-electron chi connectivity index (χ1n) is 9.07. The highest BCUT2D eigenvalue weighted by molar-refractivity contribution is 5.73. The van der Waals surface area contributed by atoms with Gasteiger partial charge >= 0.3 is 18.1 Å². The molecule has 0 aromatic heterocycles. The zero-order valence-electron chi connectivity index (χ0n) is 15.8. The van der Waals surface area contributed by atoms with Crippen LogP contribution in [0.25, 0.3) is 0 Å². The van der Waals surface area contributed by atoms with Gasteiger partial charge in [0.2, 0.25) is 0 Å². The van der Waals surface area contributed by atoms with Crippen LogP contribution in [0.5, 0.6) is 5.75 Å². The summed E-state index contributed by atoms with van der Waals surface area (Å²) in [5.74, 6) is -1.60. The number of carbonyl (C=O) groups excluding carboxylic acids is 1. The molecule has 0 heterocycles. The number of nitrogens with two attached hydrogens (primary N) is 1. The van der Waals surface area contributed by atoms with Gasteiger partial charge in [-0.3, -0.25) is 4.79 Å². The summed E-state index contributed by atoms with van der Waals surface area (Å²) in [4.78, 5) is 20.6. The molecular weight excluding hydrogens is 379 g/mol. The molecule has 28 heavy (non-hydrogen) atoms. The highest BCUT2D eigenvalue weighted by Crippen LogP contribution is 2.29. The van der Waals surface area contributed by atoms with Gasteiger partial charge in [0.15, 0.2) is 0 Å². The first-order chi connectivity index (χ1) is 13.2. The average molecular weight is 405 g/mol. The normalized spacial score (nSPS) is 16.1. The summed E-state index contributed by atoms with van der Waals surface area (Å²) in [6.45, 7) is 3.36. The molecule has 0 fully saturated rings. The molecule has 9 heteroatoms. The Kier molecular flexibility index (Phi) is 9.78. The maximum atomic E-state index is 11.7. The number of benzene rings is 1. The molecule has 0 radical (unpaired) electrons. The third-order valence-electron chi connectivity index (χ3n) is 4.13. The fraction of sp³-hybridized carbons (Fsp3) is 0.579. The number of alkyl halides is 3. The van der Waals surface area contributed by atoms with Crippen LogP contribution in [0.15, 0.2) is 18.2 Å². The summed E-state index contributed by atoms with van der Waals surface area (Å²) < 4.78 is 42.4. The maximum absolute atomic E-state index is 11.7. The molecule has 1 unspecified atom stereocenters. The van der Waals surface area contributed by atoms with Crippen molar-refractivity contribution in [2.75, 3.05) is 19.8 Å². The number of halogens is 3. The number of ether oxygens (including phenoxy) is 2. The van der Waals surface area contributed by atoms with E-state index in [0.717, 1.165) is 31.4 Å². The van der Waals surface area contributed by atoms with E-state index < -0.39 is 12.1 Å². The molecule has 1 aromatic rings. The standard InChI is InChI=1S/C17H25NO3.C2HF3O2/c1-2-20-17(19)11-13-4-3-5-14-6-7-16(21-9-8-18)12-15(14)10-13;3-2(4,5)1(6)7/h6-7,12-13H,2-5,8-11,18H2,1H3;(H,6,7). The lowest BCUT2D eigenvalue weighted by atomic mass is 9.94. The quantitative estimate of drug-likeness (QED) is 0.557. The lowest BCUT2D eigenvalue weighted by Gasteiger charge is -2.14. The minimum atomic E-state index is -5.08. The Balaban J connectivity index is 0.000000480. The first-order valence-corrected chi connectivity index (χ1v) is 9.07. The predicted molar refractivity (Wildman–Crippen MR) is 96.1 cm³/mol. The van der Waals surface area contributed by atoms with Gasteiger partial charge in [-0.2, -0.15) is 13.2 Å². The zero-order chi connectivity index (χ0) is 21.2. The van der Waals surface area contributed by atoms with Crippen molar-refractivity contribution in [2.45, 2.75) is 45.2 Å². The third-order valence-corrected chi connectivity index (χ3v) is 4.13. The zero-order valence-corrected chi connectivity index (χ0v) is 15.8. The molecule has 0 saturated carbocycles. The van der Waals surface area contributed by atoms with Crippen molar-refractivity contribution >= 4 is 11.9 Å². The number of aliphatic carboxylic acids is 1.